The van der Waals surface area contributed by atoms with Crippen LogP contribution in [0.2, 0.25) is 0 Å². The molecule has 2 saturated heterocycles. The van der Waals surface area contributed by atoms with Crippen LogP contribution < -0.4 is 20.4 Å². The quantitative estimate of drug-likeness (QED) is 0.674. The van der Waals surface area contributed by atoms with Crippen molar-refractivity contribution in [1.82, 2.24) is 25.5 Å². The molecule has 10 nitrogen and oxygen atoms in total. The highest BCUT2D eigenvalue weighted by Crippen LogP contribution is 2.22. The summed E-state index contributed by atoms with van der Waals surface area (Å²) < 4.78 is 19.5. The molecule has 0 bridgehead atoms. The Hall–Kier alpha value is -3.73. The number of pyridine rings is 2. The number of anilines is 2. The van der Waals surface area contributed by atoms with Gasteiger partial charge in [0.25, 0.3) is 5.91 Å². The molecule has 0 aromatic carbocycles. The Labute approximate surface area is 203 Å². The minimum atomic E-state index is -0.310. The maximum absolute atomic E-state index is 14.1. The summed E-state index contributed by atoms with van der Waals surface area (Å²) in [6.07, 6.45) is 6.22. The van der Waals surface area contributed by atoms with Gasteiger partial charge in [-0.15, -0.1) is 0 Å². The summed E-state index contributed by atoms with van der Waals surface area (Å²) in [6.45, 7) is 7.46. The number of rotatable bonds is 4. The van der Waals surface area contributed by atoms with Crippen LogP contribution in [0.5, 0.6) is 0 Å². The fourth-order valence-corrected chi connectivity index (χ4v) is 4.49. The van der Waals surface area contributed by atoms with E-state index in [9.17, 15) is 9.18 Å². The van der Waals surface area contributed by atoms with Crippen molar-refractivity contribution in [2.45, 2.75) is 13.0 Å². The molecule has 5 heterocycles. The van der Waals surface area contributed by atoms with Crippen LogP contribution in [0.25, 0.3) is 0 Å². The normalized spacial score (nSPS) is 20.6. The monoisotopic (exact) mass is 480 g/mol. The molecule has 0 saturated carbocycles. The lowest BCUT2D eigenvalue weighted by molar-refractivity contribution is 0.0964. The van der Waals surface area contributed by atoms with Crippen molar-refractivity contribution in [2.24, 2.45) is 4.99 Å². The smallest absolute Gasteiger partial charge is 0.257 e. The van der Waals surface area contributed by atoms with Crippen molar-refractivity contribution in [3.8, 4) is 0 Å². The summed E-state index contributed by atoms with van der Waals surface area (Å²) in [4.78, 5) is 31.9. The molecule has 1 amide bonds. The minimum Gasteiger partial charge on any atom is -0.378 e. The van der Waals surface area contributed by atoms with Gasteiger partial charge in [0.15, 0.2) is 11.8 Å². The van der Waals surface area contributed by atoms with E-state index in [-0.39, 0.29) is 17.8 Å². The fourth-order valence-electron chi connectivity index (χ4n) is 4.49. The first-order chi connectivity index (χ1) is 17.1. The van der Waals surface area contributed by atoms with Gasteiger partial charge in [0.2, 0.25) is 0 Å². The van der Waals surface area contributed by atoms with Gasteiger partial charge in [-0.3, -0.25) is 9.78 Å². The van der Waals surface area contributed by atoms with Gasteiger partial charge in [-0.1, -0.05) is 0 Å². The number of amides is 1. The summed E-state index contributed by atoms with van der Waals surface area (Å²) >= 11 is 0. The Morgan fingerprint density at radius 1 is 1.14 bits per heavy atom. The molecule has 2 aromatic heterocycles. The third-order valence-corrected chi connectivity index (χ3v) is 6.39. The standard InChI is InChI=1S/C24H29FN8O2/c1-17-16-32(21-4-5-26-15-20(21)25)6-7-33(17)24-28-13-19(14-29-24)30-23(34)18-2-3-22(27-12-18)31-8-10-35-11-9-31/h2-5,12-13,15,17H,6-11,14,16H2,1H3,(H,28,29)(H,30,34)/t17-/m0/s1. The Bertz CT molecular complexity index is 1120. The van der Waals surface area contributed by atoms with Gasteiger partial charge in [0.05, 0.1) is 42.9 Å². The van der Waals surface area contributed by atoms with E-state index in [0.717, 1.165) is 24.9 Å². The van der Waals surface area contributed by atoms with Gasteiger partial charge in [-0.2, -0.15) is 0 Å². The van der Waals surface area contributed by atoms with Crippen molar-refractivity contribution in [3.63, 3.8) is 0 Å². The predicted octanol–water partition coefficient (Wildman–Crippen LogP) is 1.19. The van der Waals surface area contributed by atoms with E-state index >= 15 is 0 Å². The zero-order valence-electron chi connectivity index (χ0n) is 19.7. The van der Waals surface area contributed by atoms with Gasteiger partial charge in [-0.25, -0.2) is 14.4 Å². The van der Waals surface area contributed by atoms with E-state index in [4.69, 9.17) is 4.74 Å². The minimum absolute atomic E-state index is 0.128. The molecular weight excluding hydrogens is 451 g/mol. The molecule has 3 aliphatic heterocycles. The summed E-state index contributed by atoms with van der Waals surface area (Å²) in [6, 6.07) is 5.48. The maximum Gasteiger partial charge on any atom is 0.257 e. The van der Waals surface area contributed by atoms with Gasteiger partial charge >= 0.3 is 0 Å². The molecule has 11 heteroatoms. The lowest BCUT2D eigenvalue weighted by Crippen LogP contribution is -2.57. The molecule has 0 radical (unpaired) electrons. The molecule has 2 N–H and O–H groups in total. The average molecular weight is 481 g/mol. The van der Waals surface area contributed by atoms with Crippen molar-refractivity contribution in [1.29, 1.82) is 0 Å². The van der Waals surface area contributed by atoms with Crippen molar-refractivity contribution in [3.05, 3.63) is 60.1 Å². The highest BCUT2D eigenvalue weighted by molar-refractivity contribution is 5.95. The van der Waals surface area contributed by atoms with E-state index in [1.165, 1.54) is 6.20 Å². The SMILES string of the molecule is C[C@H]1CN(c2ccncc2F)CCN1C1=NCC(NC(=O)c2ccc(N3CCOCC3)nc2)=CN1. The maximum atomic E-state index is 14.1. The number of guanidine groups is 1. The molecule has 184 valence electrons. The second-order valence-corrected chi connectivity index (χ2v) is 8.73. The Morgan fingerprint density at radius 2 is 2.00 bits per heavy atom. The lowest BCUT2D eigenvalue weighted by Gasteiger charge is -2.42. The van der Waals surface area contributed by atoms with E-state index in [2.05, 4.69) is 42.3 Å². The van der Waals surface area contributed by atoms with Crippen LogP contribution in [0.15, 0.2) is 53.7 Å². The number of halogens is 1. The molecule has 0 unspecified atom stereocenters. The molecule has 35 heavy (non-hydrogen) atoms. The molecule has 2 aromatic rings. The van der Waals surface area contributed by atoms with Gasteiger partial charge < -0.3 is 30.1 Å². The lowest BCUT2D eigenvalue weighted by atomic mass is 10.1. The van der Waals surface area contributed by atoms with Crippen molar-refractivity contribution >= 4 is 23.4 Å². The Balaban J connectivity index is 1.13. The molecule has 1 atom stereocenters. The van der Waals surface area contributed by atoms with Crippen LogP contribution in [0, 0.1) is 5.82 Å². The van der Waals surface area contributed by atoms with Crippen LogP contribution >= 0.6 is 0 Å². The van der Waals surface area contributed by atoms with Gasteiger partial charge in [0, 0.05) is 57.4 Å². The molecule has 2 fully saturated rings. The number of morpholine rings is 1. The second kappa shape index (κ2) is 10.3. The van der Waals surface area contributed by atoms with Crippen LogP contribution in [-0.2, 0) is 4.74 Å². The predicted molar refractivity (Wildman–Crippen MR) is 131 cm³/mol. The number of nitrogens with one attached hydrogen (secondary N) is 2. The highest BCUT2D eigenvalue weighted by Gasteiger charge is 2.28. The van der Waals surface area contributed by atoms with Crippen molar-refractivity contribution < 1.29 is 13.9 Å². The topological polar surface area (TPSA) is 98.2 Å². The molecule has 3 aliphatic rings. The summed E-state index contributed by atoms with van der Waals surface area (Å²) in [7, 11) is 0. The highest BCUT2D eigenvalue weighted by atomic mass is 19.1. The molecule has 5 rings (SSSR count). The van der Waals surface area contributed by atoms with Crippen molar-refractivity contribution in [2.75, 3.05) is 62.3 Å². The molecule has 0 spiro atoms. The fraction of sp³-hybridized carbons (Fsp3) is 0.417. The first kappa shape index (κ1) is 23.0. The van der Waals surface area contributed by atoms with Crippen LogP contribution in [0.1, 0.15) is 17.3 Å². The second-order valence-electron chi connectivity index (χ2n) is 8.73. The van der Waals surface area contributed by atoms with E-state index in [1.807, 2.05) is 11.0 Å². The first-order valence-electron chi connectivity index (χ1n) is 11.8. The number of carbonyl (C=O) groups excluding carboxylic acids is 1. The third kappa shape index (κ3) is 5.19. The van der Waals surface area contributed by atoms with E-state index in [0.29, 0.717) is 56.3 Å². The number of nitrogens with zero attached hydrogens (tertiary/aromatic N) is 6. The number of hydrogen-bond donors (Lipinski definition) is 2. The van der Waals surface area contributed by atoms with Gasteiger partial charge in [-0.05, 0) is 25.1 Å². The Kier molecular flexibility index (Phi) is 6.75. The first-order valence-corrected chi connectivity index (χ1v) is 11.8. The third-order valence-electron chi connectivity index (χ3n) is 6.39. The number of aliphatic imine (C=N–C) groups is 1. The van der Waals surface area contributed by atoms with E-state index < -0.39 is 0 Å². The van der Waals surface area contributed by atoms with Crippen LogP contribution in [-0.4, -0.2) is 85.3 Å². The zero-order chi connectivity index (χ0) is 24.2. The van der Waals surface area contributed by atoms with Crippen LogP contribution in [0.4, 0.5) is 15.9 Å². The molecular formula is C24H29FN8O2. The number of carbonyl (C=O) groups is 1. The van der Waals surface area contributed by atoms with E-state index in [1.54, 1.807) is 30.7 Å². The number of piperazine rings is 1. The van der Waals surface area contributed by atoms with Gasteiger partial charge in [0.1, 0.15) is 5.82 Å². The summed E-state index contributed by atoms with van der Waals surface area (Å²) in [5, 5.41) is 6.11. The number of ether oxygens (including phenoxy) is 1. The molecule has 0 aliphatic carbocycles. The zero-order valence-corrected chi connectivity index (χ0v) is 19.7. The Morgan fingerprint density at radius 3 is 2.69 bits per heavy atom. The number of aromatic nitrogens is 2. The largest absolute Gasteiger partial charge is 0.378 e. The van der Waals surface area contributed by atoms with Crippen LogP contribution in [0.3, 0.4) is 0 Å². The number of hydrogen-bond acceptors (Lipinski definition) is 9. The summed E-state index contributed by atoms with van der Waals surface area (Å²) in [5.41, 5.74) is 1.74. The summed E-state index contributed by atoms with van der Waals surface area (Å²) in [5.74, 6) is 1.06. The average Bonchev–Trinajstić information content (AvgIpc) is 2.90.